The number of hydrogen-bond donors (Lipinski definition) is 2. The number of nitrogens with zero attached hydrogens (tertiary/aromatic N) is 2. The molecule has 3 rings (SSSR count). The summed E-state index contributed by atoms with van der Waals surface area (Å²) in [6, 6.07) is 19.5. The number of carbonyl (C=O) groups is 2. The van der Waals surface area contributed by atoms with Crippen LogP contribution in [-0.2, 0) is 4.79 Å². The molecule has 0 bridgehead atoms. The molecule has 0 spiro atoms. The quantitative estimate of drug-likeness (QED) is 0.762. The average molecular weight is 382 g/mol. The second kappa shape index (κ2) is 9.75. The van der Waals surface area contributed by atoms with Crippen LogP contribution in [-0.4, -0.2) is 61.1 Å². The van der Waals surface area contributed by atoms with Gasteiger partial charge >= 0.3 is 6.03 Å². The third-order valence-electron chi connectivity index (χ3n) is 4.86. The number of rotatable bonds is 7. The maximum Gasteiger partial charge on any atom is 0.312 e. The zero-order chi connectivity index (χ0) is 19.8. The molecule has 1 atom stereocenters. The van der Waals surface area contributed by atoms with E-state index in [9.17, 15) is 9.59 Å². The van der Waals surface area contributed by atoms with E-state index in [1.807, 2.05) is 48.5 Å². The molecule has 1 heterocycles. The summed E-state index contributed by atoms with van der Waals surface area (Å²) >= 11 is 0. The Labute approximate surface area is 165 Å². The number of nitrogens with one attached hydrogen (secondary N) is 1. The molecule has 1 aliphatic rings. The third-order valence-corrected chi connectivity index (χ3v) is 4.86. The van der Waals surface area contributed by atoms with Gasteiger partial charge in [0, 0.05) is 26.2 Å². The van der Waals surface area contributed by atoms with Gasteiger partial charge in [0.1, 0.15) is 12.4 Å². The molecule has 1 aliphatic heterocycles. The van der Waals surface area contributed by atoms with Crippen molar-refractivity contribution >= 4 is 11.9 Å². The van der Waals surface area contributed by atoms with Crippen LogP contribution in [0, 0.1) is 0 Å². The number of amides is 3. The summed E-state index contributed by atoms with van der Waals surface area (Å²) in [6.45, 7) is 3.15. The molecule has 0 radical (unpaired) electrons. The van der Waals surface area contributed by atoms with Crippen molar-refractivity contribution in [3.63, 3.8) is 0 Å². The maximum atomic E-state index is 12.2. The van der Waals surface area contributed by atoms with Gasteiger partial charge in [-0.15, -0.1) is 0 Å². The van der Waals surface area contributed by atoms with Crippen LogP contribution in [0.2, 0.25) is 0 Å². The van der Waals surface area contributed by atoms with E-state index in [0.29, 0.717) is 19.7 Å². The van der Waals surface area contributed by atoms with Crippen molar-refractivity contribution in [2.75, 3.05) is 39.3 Å². The minimum Gasteiger partial charge on any atom is -0.492 e. The summed E-state index contributed by atoms with van der Waals surface area (Å²) in [5, 5.41) is 2.35. The normalized spacial score (nSPS) is 15.6. The molecular formula is C21H26N4O3. The second-order valence-electron chi connectivity index (χ2n) is 6.69. The summed E-state index contributed by atoms with van der Waals surface area (Å²) in [7, 11) is 0. The number of piperazine rings is 1. The number of hydrogen-bond acceptors (Lipinski definition) is 4. The zero-order valence-corrected chi connectivity index (χ0v) is 15.8. The lowest BCUT2D eigenvalue weighted by Crippen LogP contribution is -2.52. The van der Waals surface area contributed by atoms with Crippen LogP contribution in [0.5, 0.6) is 5.75 Å². The van der Waals surface area contributed by atoms with E-state index >= 15 is 0 Å². The summed E-state index contributed by atoms with van der Waals surface area (Å²) in [6.07, 6.45) is 0. The fourth-order valence-corrected chi connectivity index (χ4v) is 3.34. The van der Waals surface area contributed by atoms with Gasteiger partial charge in [-0.05, 0) is 17.7 Å². The van der Waals surface area contributed by atoms with Gasteiger partial charge in [0.2, 0.25) is 5.91 Å². The largest absolute Gasteiger partial charge is 0.492 e. The molecule has 3 N–H and O–H groups in total. The van der Waals surface area contributed by atoms with Crippen LogP contribution in [0.3, 0.4) is 0 Å². The first kappa shape index (κ1) is 19.7. The van der Waals surface area contributed by atoms with E-state index in [1.54, 1.807) is 4.90 Å². The number of benzene rings is 2. The van der Waals surface area contributed by atoms with Crippen LogP contribution in [0.15, 0.2) is 60.7 Å². The molecule has 2 aromatic carbocycles. The Kier molecular flexibility index (Phi) is 6.86. The molecule has 0 aromatic heterocycles. The monoisotopic (exact) mass is 382 g/mol. The summed E-state index contributed by atoms with van der Waals surface area (Å²) in [5.41, 5.74) is 6.22. The highest BCUT2D eigenvalue weighted by molar-refractivity contribution is 5.83. The Morgan fingerprint density at radius 3 is 2.18 bits per heavy atom. The maximum absolute atomic E-state index is 12.2. The first-order valence-electron chi connectivity index (χ1n) is 9.41. The lowest BCUT2D eigenvalue weighted by molar-refractivity contribution is -0.132. The minimum atomic E-state index is -0.686. The molecule has 28 heavy (non-hydrogen) atoms. The minimum absolute atomic E-state index is 0.0609. The molecule has 148 valence electrons. The van der Waals surface area contributed by atoms with Crippen molar-refractivity contribution in [2.24, 2.45) is 5.73 Å². The molecule has 3 amide bonds. The van der Waals surface area contributed by atoms with E-state index in [-0.39, 0.29) is 18.5 Å². The lowest BCUT2D eigenvalue weighted by Gasteiger charge is -2.39. The van der Waals surface area contributed by atoms with Gasteiger partial charge in [-0.1, -0.05) is 48.5 Å². The average Bonchev–Trinajstić information content (AvgIpc) is 2.74. The van der Waals surface area contributed by atoms with Crippen molar-refractivity contribution in [1.82, 2.24) is 15.1 Å². The standard InChI is InChI=1S/C21H26N4O3/c22-21(27)23-15-20(26)25-13-11-24(12-14-25)19(17-7-3-1-4-8-17)16-28-18-9-5-2-6-10-18/h1-10,19H,11-16H2,(H3,22,23,27). The van der Waals surface area contributed by atoms with Gasteiger partial charge in [-0.25, -0.2) is 4.79 Å². The molecule has 0 aliphatic carbocycles. The number of carbonyl (C=O) groups excluding carboxylic acids is 2. The van der Waals surface area contributed by atoms with Gasteiger partial charge in [-0.2, -0.15) is 0 Å². The van der Waals surface area contributed by atoms with Crippen molar-refractivity contribution in [2.45, 2.75) is 6.04 Å². The molecule has 0 saturated carbocycles. The van der Waals surface area contributed by atoms with E-state index in [1.165, 1.54) is 5.56 Å². The van der Waals surface area contributed by atoms with Gasteiger partial charge < -0.3 is 20.7 Å². The van der Waals surface area contributed by atoms with Gasteiger partial charge in [0.15, 0.2) is 0 Å². The van der Waals surface area contributed by atoms with Crippen LogP contribution in [0.25, 0.3) is 0 Å². The smallest absolute Gasteiger partial charge is 0.312 e. The predicted octanol–water partition coefficient (Wildman–Crippen LogP) is 1.62. The molecular weight excluding hydrogens is 356 g/mol. The zero-order valence-electron chi connectivity index (χ0n) is 15.8. The molecule has 1 unspecified atom stereocenters. The first-order chi connectivity index (χ1) is 13.6. The van der Waals surface area contributed by atoms with Crippen molar-refractivity contribution < 1.29 is 14.3 Å². The summed E-state index contributed by atoms with van der Waals surface area (Å²) in [5.74, 6) is 0.727. The summed E-state index contributed by atoms with van der Waals surface area (Å²) < 4.78 is 6.03. The van der Waals surface area contributed by atoms with Crippen molar-refractivity contribution in [3.05, 3.63) is 66.2 Å². The Morgan fingerprint density at radius 2 is 1.57 bits per heavy atom. The van der Waals surface area contributed by atoms with E-state index in [0.717, 1.165) is 18.8 Å². The van der Waals surface area contributed by atoms with Crippen LogP contribution < -0.4 is 15.8 Å². The highest BCUT2D eigenvalue weighted by atomic mass is 16.5. The van der Waals surface area contributed by atoms with Crippen LogP contribution in [0.1, 0.15) is 11.6 Å². The third kappa shape index (κ3) is 5.47. The molecule has 2 aromatic rings. The lowest BCUT2D eigenvalue weighted by atomic mass is 10.0. The van der Waals surface area contributed by atoms with Gasteiger partial charge in [-0.3, -0.25) is 9.69 Å². The van der Waals surface area contributed by atoms with E-state index in [2.05, 4.69) is 22.3 Å². The fourth-order valence-electron chi connectivity index (χ4n) is 3.34. The molecule has 7 nitrogen and oxygen atoms in total. The Morgan fingerprint density at radius 1 is 0.964 bits per heavy atom. The van der Waals surface area contributed by atoms with Crippen molar-refractivity contribution in [3.8, 4) is 5.75 Å². The number of primary amides is 1. The molecule has 7 heteroatoms. The Hall–Kier alpha value is -3.06. The highest BCUT2D eigenvalue weighted by Crippen LogP contribution is 2.24. The number of nitrogens with two attached hydrogens (primary N) is 1. The van der Waals surface area contributed by atoms with Gasteiger partial charge in [0.25, 0.3) is 0 Å². The number of urea groups is 1. The molecule has 1 fully saturated rings. The SMILES string of the molecule is NC(=O)NCC(=O)N1CCN(C(COc2ccccc2)c2ccccc2)CC1. The van der Waals surface area contributed by atoms with E-state index in [4.69, 9.17) is 10.5 Å². The fraction of sp³-hybridized carbons (Fsp3) is 0.333. The Bertz CT molecular complexity index is 762. The predicted molar refractivity (Wildman–Crippen MR) is 107 cm³/mol. The number of para-hydroxylation sites is 1. The van der Waals surface area contributed by atoms with Crippen molar-refractivity contribution in [1.29, 1.82) is 0 Å². The van der Waals surface area contributed by atoms with Crippen LogP contribution in [0.4, 0.5) is 4.79 Å². The topological polar surface area (TPSA) is 87.9 Å². The number of ether oxygens (including phenoxy) is 1. The Balaban J connectivity index is 1.61. The first-order valence-corrected chi connectivity index (χ1v) is 9.41. The van der Waals surface area contributed by atoms with Gasteiger partial charge in [0.05, 0.1) is 12.6 Å². The summed E-state index contributed by atoms with van der Waals surface area (Å²) in [4.78, 5) is 27.1. The second-order valence-corrected chi connectivity index (χ2v) is 6.69. The molecule has 1 saturated heterocycles. The van der Waals surface area contributed by atoms with Crippen LogP contribution >= 0.6 is 0 Å². The van der Waals surface area contributed by atoms with E-state index < -0.39 is 6.03 Å². The highest BCUT2D eigenvalue weighted by Gasteiger charge is 2.27.